The summed E-state index contributed by atoms with van der Waals surface area (Å²) in [6.45, 7) is 6.43. The van der Waals surface area contributed by atoms with Crippen molar-refractivity contribution in [3.63, 3.8) is 0 Å². The maximum Gasteiger partial charge on any atom is 0.311 e. The van der Waals surface area contributed by atoms with E-state index in [1.54, 1.807) is 4.90 Å². The molecular weight excluding hydrogens is 218 g/mol. The van der Waals surface area contributed by atoms with Crippen molar-refractivity contribution >= 4 is 24.2 Å². The Hall–Kier alpha value is -0.810. The van der Waals surface area contributed by atoms with Crippen molar-refractivity contribution in [2.45, 2.75) is 19.9 Å². The Balaban J connectivity index is 0.00000196. The molecule has 5 nitrogen and oxygen atoms in total. The summed E-state index contributed by atoms with van der Waals surface area (Å²) in [5.74, 6) is -0.915. The molecule has 0 aliphatic carbocycles. The molecule has 1 rings (SSSR count). The van der Waals surface area contributed by atoms with Crippen LogP contribution in [0.2, 0.25) is 0 Å². The van der Waals surface area contributed by atoms with Crippen LogP contribution in [-0.2, 0) is 9.59 Å². The van der Waals surface area contributed by atoms with Gasteiger partial charge in [0.25, 0.3) is 0 Å². The van der Waals surface area contributed by atoms with Gasteiger partial charge in [-0.3, -0.25) is 9.59 Å². The van der Waals surface area contributed by atoms with Crippen LogP contribution in [0.5, 0.6) is 0 Å². The molecule has 0 radical (unpaired) electrons. The predicted molar refractivity (Wildman–Crippen MR) is 60.0 cm³/mol. The summed E-state index contributed by atoms with van der Waals surface area (Å²) < 4.78 is 0. The second-order valence-electron chi connectivity index (χ2n) is 3.67. The molecule has 0 bridgehead atoms. The van der Waals surface area contributed by atoms with Gasteiger partial charge in [-0.1, -0.05) is 0 Å². The largest absolute Gasteiger partial charge is 0.346 e. The van der Waals surface area contributed by atoms with Crippen LogP contribution >= 0.6 is 12.4 Å². The number of nitrogens with one attached hydrogen (secondary N) is 2. The molecule has 1 heterocycles. The Kier molecular flexibility index (Phi) is 6.27. The summed E-state index contributed by atoms with van der Waals surface area (Å²) in [6.07, 6.45) is 0. The van der Waals surface area contributed by atoms with Crippen LogP contribution in [0.3, 0.4) is 0 Å². The summed E-state index contributed by atoms with van der Waals surface area (Å²) >= 11 is 0. The second kappa shape index (κ2) is 6.63. The Labute approximate surface area is 96.0 Å². The smallest absolute Gasteiger partial charge is 0.311 e. The van der Waals surface area contributed by atoms with Crippen molar-refractivity contribution in [2.24, 2.45) is 0 Å². The van der Waals surface area contributed by atoms with Gasteiger partial charge >= 0.3 is 11.8 Å². The Bertz CT molecular complexity index is 227. The Morgan fingerprint density at radius 1 is 1.27 bits per heavy atom. The fourth-order valence-corrected chi connectivity index (χ4v) is 1.34. The lowest BCUT2D eigenvalue weighted by Gasteiger charge is -2.26. The molecule has 0 saturated carbocycles. The lowest BCUT2D eigenvalue weighted by molar-refractivity contribution is -0.146. The number of nitrogens with zero attached hydrogens (tertiary/aromatic N) is 1. The quantitative estimate of drug-likeness (QED) is 0.595. The summed E-state index contributed by atoms with van der Waals surface area (Å²) in [5, 5.41) is 5.71. The van der Waals surface area contributed by atoms with E-state index in [2.05, 4.69) is 10.6 Å². The predicted octanol–water partition coefficient (Wildman–Crippen LogP) is -0.635. The van der Waals surface area contributed by atoms with Crippen molar-refractivity contribution in [1.29, 1.82) is 0 Å². The molecule has 0 aromatic carbocycles. The molecule has 1 saturated heterocycles. The molecule has 15 heavy (non-hydrogen) atoms. The molecule has 1 aliphatic rings. The summed E-state index contributed by atoms with van der Waals surface area (Å²) in [5.41, 5.74) is 0. The average Bonchev–Trinajstić information content (AvgIpc) is 2.17. The van der Waals surface area contributed by atoms with Gasteiger partial charge in [-0.15, -0.1) is 12.4 Å². The highest BCUT2D eigenvalue weighted by Gasteiger charge is 2.23. The third-order valence-corrected chi connectivity index (χ3v) is 2.02. The van der Waals surface area contributed by atoms with Crippen molar-refractivity contribution in [3.05, 3.63) is 0 Å². The van der Waals surface area contributed by atoms with E-state index in [1.165, 1.54) is 0 Å². The molecule has 0 aromatic heterocycles. The van der Waals surface area contributed by atoms with E-state index in [0.29, 0.717) is 13.1 Å². The highest BCUT2D eigenvalue weighted by atomic mass is 35.5. The number of hydrogen-bond acceptors (Lipinski definition) is 3. The van der Waals surface area contributed by atoms with Crippen LogP contribution in [0.1, 0.15) is 13.8 Å². The summed E-state index contributed by atoms with van der Waals surface area (Å²) in [7, 11) is 0. The summed E-state index contributed by atoms with van der Waals surface area (Å²) in [6, 6.07) is 0.00867. The number of rotatable bonds is 1. The minimum absolute atomic E-state index is 0. The van der Waals surface area contributed by atoms with E-state index in [0.717, 1.165) is 13.1 Å². The van der Waals surface area contributed by atoms with Crippen LogP contribution in [-0.4, -0.2) is 48.9 Å². The molecule has 1 fully saturated rings. The van der Waals surface area contributed by atoms with Crippen LogP contribution in [0.25, 0.3) is 0 Å². The normalized spacial score (nSPS) is 15.8. The number of carbonyl (C=O) groups excluding carboxylic acids is 2. The molecule has 0 atom stereocenters. The molecular formula is C9H18ClN3O2. The van der Waals surface area contributed by atoms with Crippen LogP contribution in [0, 0.1) is 0 Å². The second-order valence-corrected chi connectivity index (χ2v) is 3.67. The number of hydrogen-bond donors (Lipinski definition) is 2. The van der Waals surface area contributed by atoms with Gasteiger partial charge in [0.15, 0.2) is 0 Å². The number of piperazine rings is 1. The van der Waals surface area contributed by atoms with Gasteiger partial charge in [-0.05, 0) is 13.8 Å². The van der Waals surface area contributed by atoms with Gasteiger partial charge in [0, 0.05) is 32.2 Å². The molecule has 0 aromatic rings. The van der Waals surface area contributed by atoms with Gasteiger partial charge in [-0.25, -0.2) is 0 Å². The maximum absolute atomic E-state index is 11.5. The third-order valence-electron chi connectivity index (χ3n) is 2.02. The van der Waals surface area contributed by atoms with E-state index in [9.17, 15) is 9.59 Å². The van der Waals surface area contributed by atoms with E-state index in [1.807, 2.05) is 13.8 Å². The maximum atomic E-state index is 11.5. The summed E-state index contributed by atoms with van der Waals surface area (Å²) in [4.78, 5) is 24.4. The van der Waals surface area contributed by atoms with Crippen molar-refractivity contribution in [2.75, 3.05) is 26.2 Å². The zero-order valence-corrected chi connectivity index (χ0v) is 9.89. The minimum atomic E-state index is -0.498. The van der Waals surface area contributed by atoms with Gasteiger partial charge in [-0.2, -0.15) is 0 Å². The van der Waals surface area contributed by atoms with Gasteiger partial charge in [0.05, 0.1) is 0 Å². The first-order chi connectivity index (χ1) is 6.61. The van der Waals surface area contributed by atoms with Crippen molar-refractivity contribution < 1.29 is 9.59 Å². The topological polar surface area (TPSA) is 61.4 Å². The van der Waals surface area contributed by atoms with Crippen LogP contribution in [0.15, 0.2) is 0 Å². The highest BCUT2D eigenvalue weighted by molar-refractivity contribution is 6.35. The first-order valence-corrected chi connectivity index (χ1v) is 4.91. The zero-order valence-electron chi connectivity index (χ0n) is 9.08. The van der Waals surface area contributed by atoms with E-state index in [4.69, 9.17) is 0 Å². The van der Waals surface area contributed by atoms with Gasteiger partial charge in [0.1, 0.15) is 0 Å². The molecule has 88 valence electrons. The lowest BCUT2D eigenvalue weighted by Crippen LogP contribution is -2.52. The monoisotopic (exact) mass is 235 g/mol. The van der Waals surface area contributed by atoms with E-state index < -0.39 is 11.8 Å². The Morgan fingerprint density at radius 2 is 1.80 bits per heavy atom. The van der Waals surface area contributed by atoms with Crippen LogP contribution < -0.4 is 10.6 Å². The SMILES string of the molecule is CC(C)NC(=O)C(=O)N1CCNCC1.Cl. The fourth-order valence-electron chi connectivity index (χ4n) is 1.34. The highest BCUT2D eigenvalue weighted by Crippen LogP contribution is 1.93. The van der Waals surface area contributed by atoms with Gasteiger partial charge in [0.2, 0.25) is 0 Å². The average molecular weight is 236 g/mol. The number of halogens is 1. The zero-order chi connectivity index (χ0) is 10.6. The molecule has 0 spiro atoms. The first kappa shape index (κ1) is 14.2. The van der Waals surface area contributed by atoms with Gasteiger partial charge < -0.3 is 15.5 Å². The Morgan fingerprint density at radius 3 is 2.27 bits per heavy atom. The molecule has 6 heteroatoms. The fraction of sp³-hybridized carbons (Fsp3) is 0.778. The number of amides is 2. The number of carbonyl (C=O) groups is 2. The van der Waals surface area contributed by atoms with E-state index in [-0.39, 0.29) is 18.4 Å². The minimum Gasteiger partial charge on any atom is -0.346 e. The molecule has 1 aliphatic heterocycles. The molecule has 0 unspecified atom stereocenters. The van der Waals surface area contributed by atoms with Crippen LogP contribution in [0.4, 0.5) is 0 Å². The van der Waals surface area contributed by atoms with Crippen molar-refractivity contribution in [3.8, 4) is 0 Å². The first-order valence-electron chi connectivity index (χ1n) is 4.91. The molecule has 2 amide bonds. The third kappa shape index (κ3) is 4.48. The standard InChI is InChI=1S/C9H17N3O2.ClH/c1-7(2)11-8(13)9(14)12-5-3-10-4-6-12;/h7,10H,3-6H2,1-2H3,(H,11,13);1H. The van der Waals surface area contributed by atoms with Crippen molar-refractivity contribution in [1.82, 2.24) is 15.5 Å². The lowest BCUT2D eigenvalue weighted by atomic mass is 10.3. The molecule has 2 N–H and O–H groups in total. The van der Waals surface area contributed by atoms with E-state index >= 15 is 0 Å².